The monoisotopic (exact) mass is 513 g/mol. The third kappa shape index (κ3) is 5.93. The summed E-state index contributed by atoms with van der Waals surface area (Å²) in [4.78, 5) is 37.4. The average molecular weight is 514 g/mol. The Morgan fingerprint density at radius 1 is 1.00 bits per heavy atom. The molecule has 1 aromatic heterocycles. The predicted octanol–water partition coefficient (Wildman–Crippen LogP) is 2.79. The highest BCUT2D eigenvalue weighted by Crippen LogP contribution is 2.36. The Morgan fingerprint density at radius 2 is 1.67 bits per heavy atom. The number of primary amides is 1. The molecule has 2 aromatic carbocycles. The number of carbonyl (C=O) groups excluding carboxylic acids is 3. The number of amides is 2. The standard InChI is InChI=1S/C26H31N3O6S/c1-16(2)13-20-24(25(31)26(27)32)23-19(29(20)14-18-9-6-5-7-10-18)11-8-12-21(23)35-15-22(30)28-36(33,34)17(3)4/h5-12,16-17H,13-15H2,1-4H3,(H2,27,32)(H,28,30). The van der Waals surface area contributed by atoms with E-state index in [0.29, 0.717) is 29.6 Å². The summed E-state index contributed by atoms with van der Waals surface area (Å²) in [6.45, 7) is 6.73. The number of aromatic nitrogens is 1. The summed E-state index contributed by atoms with van der Waals surface area (Å²) in [6.07, 6.45) is 0.489. The first-order valence-corrected chi connectivity index (χ1v) is 13.2. The van der Waals surface area contributed by atoms with E-state index in [1.807, 2.05) is 53.5 Å². The van der Waals surface area contributed by atoms with Gasteiger partial charge in [-0.2, -0.15) is 0 Å². The number of nitrogens with two attached hydrogens (primary N) is 1. The van der Waals surface area contributed by atoms with Crippen LogP contribution in [-0.2, 0) is 32.6 Å². The molecule has 3 N–H and O–H groups in total. The molecule has 0 aliphatic rings. The van der Waals surface area contributed by atoms with E-state index in [2.05, 4.69) is 0 Å². The van der Waals surface area contributed by atoms with E-state index in [1.165, 1.54) is 13.8 Å². The van der Waals surface area contributed by atoms with E-state index in [-0.39, 0.29) is 17.2 Å². The normalized spacial score (nSPS) is 11.7. The Morgan fingerprint density at radius 3 is 2.25 bits per heavy atom. The predicted molar refractivity (Wildman–Crippen MR) is 137 cm³/mol. The highest BCUT2D eigenvalue weighted by Gasteiger charge is 2.29. The number of ketones is 1. The number of carbonyl (C=O) groups is 3. The van der Waals surface area contributed by atoms with E-state index in [4.69, 9.17) is 10.5 Å². The van der Waals surface area contributed by atoms with Crippen LogP contribution in [0.2, 0.25) is 0 Å². The lowest BCUT2D eigenvalue weighted by Crippen LogP contribution is -2.38. The number of rotatable bonds is 11. The molecule has 3 aromatic rings. The van der Waals surface area contributed by atoms with E-state index >= 15 is 0 Å². The third-order valence-corrected chi connectivity index (χ3v) is 7.38. The summed E-state index contributed by atoms with van der Waals surface area (Å²) in [7, 11) is -3.83. The molecule has 0 bridgehead atoms. The summed E-state index contributed by atoms with van der Waals surface area (Å²) < 4.78 is 33.7. The van der Waals surface area contributed by atoms with Gasteiger partial charge in [-0.05, 0) is 43.9 Å². The maximum absolute atomic E-state index is 13.1. The summed E-state index contributed by atoms with van der Waals surface area (Å²) >= 11 is 0. The van der Waals surface area contributed by atoms with Crippen molar-refractivity contribution in [2.75, 3.05) is 6.61 Å². The van der Waals surface area contributed by atoms with Gasteiger partial charge in [-0.25, -0.2) is 13.1 Å². The maximum atomic E-state index is 13.1. The van der Waals surface area contributed by atoms with Crippen molar-refractivity contribution in [1.29, 1.82) is 0 Å². The molecule has 3 rings (SSSR count). The van der Waals surface area contributed by atoms with E-state index in [9.17, 15) is 22.8 Å². The lowest BCUT2D eigenvalue weighted by atomic mass is 9.99. The smallest absolute Gasteiger partial charge is 0.289 e. The molecule has 192 valence electrons. The second-order valence-electron chi connectivity index (χ2n) is 9.24. The van der Waals surface area contributed by atoms with Crippen LogP contribution in [0.5, 0.6) is 5.75 Å². The van der Waals surface area contributed by atoms with Gasteiger partial charge in [0.25, 0.3) is 17.6 Å². The van der Waals surface area contributed by atoms with Gasteiger partial charge in [0.15, 0.2) is 6.61 Å². The van der Waals surface area contributed by atoms with E-state index < -0.39 is 39.5 Å². The third-order valence-electron chi connectivity index (χ3n) is 5.63. The van der Waals surface area contributed by atoms with Crippen molar-refractivity contribution in [2.45, 2.75) is 45.9 Å². The van der Waals surface area contributed by atoms with Crippen LogP contribution in [-0.4, -0.2) is 42.4 Å². The van der Waals surface area contributed by atoms with Crippen molar-refractivity contribution in [1.82, 2.24) is 9.29 Å². The van der Waals surface area contributed by atoms with Gasteiger partial charge in [-0.3, -0.25) is 14.4 Å². The molecular formula is C26H31N3O6S. The summed E-state index contributed by atoms with van der Waals surface area (Å²) in [6, 6.07) is 14.7. The van der Waals surface area contributed by atoms with Gasteiger partial charge < -0.3 is 15.0 Å². The molecule has 0 saturated carbocycles. The van der Waals surface area contributed by atoms with Crippen LogP contribution in [0.25, 0.3) is 10.9 Å². The zero-order valence-electron chi connectivity index (χ0n) is 20.8. The van der Waals surface area contributed by atoms with Crippen LogP contribution in [0.15, 0.2) is 48.5 Å². The van der Waals surface area contributed by atoms with Crippen LogP contribution in [0.4, 0.5) is 0 Å². The maximum Gasteiger partial charge on any atom is 0.289 e. The first-order chi connectivity index (χ1) is 16.9. The number of sulfonamides is 1. The summed E-state index contributed by atoms with van der Waals surface area (Å²) in [5, 5.41) is -0.442. The first kappa shape index (κ1) is 26.9. The molecule has 0 radical (unpaired) electrons. The SMILES string of the molecule is CC(C)Cc1c(C(=O)C(N)=O)c2c(OCC(=O)NS(=O)(=O)C(C)C)cccc2n1Cc1ccccc1. The Kier molecular flexibility index (Phi) is 8.19. The number of hydrogen-bond acceptors (Lipinski definition) is 6. The van der Waals surface area contributed by atoms with E-state index in [0.717, 1.165) is 5.56 Å². The zero-order valence-corrected chi connectivity index (χ0v) is 21.6. The van der Waals surface area contributed by atoms with Crippen molar-refractivity contribution in [3.05, 3.63) is 65.4 Å². The quantitative estimate of drug-likeness (QED) is 0.299. The molecule has 2 amide bonds. The van der Waals surface area contributed by atoms with Gasteiger partial charge in [-0.15, -0.1) is 0 Å². The van der Waals surface area contributed by atoms with Gasteiger partial charge in [0, 0.05) is 12.2 Å². The van der Waals surface area contributed by atoms with Crippen molar-refractivity contribution in [2.24, 2.45) is 11.7 Å². The first-order valence-electron chi connectivity index (χ1n) is 11.6. The van der Waals surface area contributed by atoms with Crippen LogP contribution in [0.3, 0.4) is 0 Å². The summed E-state index contributed by atoms with van der Waals surface area (Å²) in [5.41, 5.74) is 7.81. The molecule has 0 aliphatic heterocycles. The molecule has 10 heteroatoms. The highest BCUT2D eigenvalue weighted by atomic mass is 32.2. The fourth-order valence-electron chi connectivity index (χ4n) is 3.90. The molecule has 0 spiro atoms. The Labute approximate surface area is 210 Å². The van der Waals surface area contributed by atoms with Crippen LogP contribution in [0, 0.1) is 5.92 Å². The fourth-order valence-corrected chi connectivity index (χ4v) is 4.52. The number of Topliss-reactive ketones (excluding diaryl/α,β-unsaturated/α-hetero) is 1. The van der Waals surface area contributed by atoms with Crippen molar-refractivity contribution >= 4 is 38.5 Å². The van der Waals surface area contributed by atoms with Gasteiger partial charge >= 0.3 is 0 Å². The number of benzene rings is 2. The van der Waals surface area contributed by atoms with Gasteiger partial charge in [0.2, 0.25) is 10.0 Å². The fraction of sp³-hybridized carbons (Fsp3) is 0.346. The van der Waals surface area contributed by atoms with Gasteiger partial charge in [0.05, 0.1) is 21.7 Å². The molecular weight excluding hydrogens is 482 g/mol. The van der Waals surface area contributed by atoms with E-state index in [1.54, 1.807) is 18.2 Å². The molecule has 0 fully saturated rings. The van der Waals surface area contributed by atoms with Gasteiger partial charge in [-0.1, -0.05) is 50.2 Å². The minimum atomic E-state index is -3.83. The molecule has 0 unspecified atom stereocenters. The Bertz CT molecular complexity index is 1390. The number of hydrogen-bond donors (Lipinski definition) is 2. The Balaban J connectivity index is 2.14. The molecule has 0 atom stereocenters. The van der Waals surface area contributed by atoms with Crippen molar-refractivity contribution < 1.29 is 27.5 Å². The van der Waals surface area contributed by atoms with Crippen LogP contribution in [0.1, 0.15) is 49.3 Å². The lowest BCUT2D eigenvalue weighted by molar-refractivity contribution is -0.121. The second kappa shape index (κ2) is 10.9. The number of fused-ring (bicyclic) bond motifs is 1. The van der Waals surface area contributed by atoms with Crippen LogP contribution >= 0.6 is 0 Å². The summed E-state index contributed by atoms with van der Waals surface area (Å²) in [5.74, 6) is -2.49. The molecule has 1 heterocycles. The molecule has 9 nitrogen and oxygen atoms in total. The minimum Gasteiger partial charge on any atom is -0.483 e. The number of ether oxygens (including phenoxy) is 1. The van der Waals surface area contributed by atoms with Crippen molar-refractivity contribution in [3.63, 3.8) is 0 Å². The largest absolute Gasteiger partial charge is 0.483 e. The molecule has 0 aliphatic carbocycles. The van der Waals surface area contributed by atoms with Crippen LogP contribution < -0.4 is 15.2 Å². The molecule has 0 saturated heterocycles. The molecule has 36 heavy (non-hydrogen) atoms. The zero-order chi connectivity index (χ0) is 26.6. The second-order valence-corrected chi connectivity index (χ2v) is 11.5. The topological polar surface area (TPSA) is 138 Å². The van der Waals surface area contributed by atoms with Crippen molar-refractivity contribution in [3.8, 4) is 5.75 Å². The highest BCUT2D eigenvalue weighted by molar-refractivity contribution is 7.90. The lowest BCUT2D eigenvalue weighted by Gasteiger charge is -2.14. The average Bonchev–Trinajstić information content (AvgIpc) is 3.10. The number of nitrogens with one attached hydrogen (secondary N) is 1. The van der Waals surface area contributed by atoms with Gasteiger partial charge in [0.1, 0.15) is 5.75 Å². The minimum absolute atomic E-state index is 0.132. The Hall–Kier alpha value is -3.66. The number of nitrogens with zero attached hydrogens (tertiary/aromatic N) is 1.